The summed E-state index contributed by atoms with van der Waals surface area (Å²) in [5.41, 5.74) is 5.36. The first kappa shape index (κ1) is 22.2. The summed E-state index contributed by atoms with van der Waals surface area (Å²) < 4.78 is 25.2. The minimum absolute atomic E-state index is 0.548. The van der Waals surface area contributed by atoms with Crippen molar-refractivity contribution in [3.8, 4) is 11.3 Å². The Balaban J connectivity index is 1.30. The maximum atomic E-state index is 11.4. The van der Waals surface area contributed by atoms with E-state index < -0.39 is 10.0 Å². The average Bonchev–Trinajstić information content (AvgIpc) is 3.27. The van der Waals surface area contributed by atoms with Gasteiger partial charge in [0.1, 0.15) is 11.5 Å². The fourth-order valence-electron chi connectivity index (χ4n) is 4.06. The summed E-state index contributed by atoms with van der Waals surface area (Å²) in [6, 6.07) is 17.5. The number of piperazine rings is 1. The molecule has 0 bridgehead atoms. The quantitative estimate of drug-likeness (QED) is 0.323. The van der Waals surface area contributed by atoms with Crippen molar-refractivity contribution in [2.75, 3.05) is 47.4 Å². The van der Waals surface area contributed by atoms with Crippen LogP contribution in [0.25, 0.3) is 22.2 Å². The Kier molecular flexibility index (Phi) is 6.08. The largest absolute Gasteiger partial charge is 0.381 e. The molecular weight excluding hydrogens is 450 g/mol. The molecule has 9 nitrogen and oxygen atoms in total. The van der Waals surface area contributed by atoms with Crippen molar-refractivity contribution in [2.45, 2.75) is 6.54 Å². The van der Waals surface area contributed by atoms with E-state index in [4.69, 9.17) is 0 Å². The van der Waals surface area contributed by atoms with Gasteiger partial charge in [0, 0.05) is 61.2 Å². The molecular formula is C24H27N7O2S. The van der Waals surface area contributed by atoms with Gasteiger partial charge in [-0.2, -0.15) is 5.10 Å². The number of hydrogen-bond donors (Lipinski definition) is 4. The number of H-pyrrole nitrogens is 1. The summed E-state index contributed by atoms with van der Waals surface area (Å²) in [7, 11) is -3.28. The zero-order valence-electron chi connectivity index (χ0n) is 18.9. The lowest BCUT2D eigenvalue weighted by Crippen LogP contribution is -2.43. The second-order valence-corrected chi connectivity index (χ2v) is 10.1. The van der Waals surface area contributed by atoms with E-state index in [0.717, 1.165) is 71.7 Å². The van der Waals surface area contributed by atoms with Crippen molar-refractivity contribution >= 4 is 38.1 Å². The van der Waals surface area contributed by atoms with Crippen LogP contribution in [0.15, 0.2) is 60.8 Å². The minimum atomic E-state index is -3.28. The molecule has 5 rings (SSSR count). The van der Waals surface area contributed by atoms with Gasteiger partial charge in [-0.05, 0) is 48.0 Å². The molecule has 0 atom stereocenters. The summed E-state index contributed by atoms with van der Waals surface area (Å²) >= 11 is 0. The third kappa shape index (κ3) is 5.13. The first-order valence-corrected chi connectivity index (χ1v) is 13.0. The number of anilines is 3. The van der Waals surface area contributed by atoms with Gasteiger partial charge in [0.2, 0.25) is 10.0 Å². The number of sulfonamides is 1. The van der Waals surface area contributed by atoms with E-state index in [-0.39, 0.29) is 0 Å². The molecule has 176 valence electrons. The van der Waals surface area contributed by atoms with Crippen LogP contribution in [0.3, 0.4) is 0 Å². The van der Waals surface area contributed by atoms with Gasteiger partial charge >= 0.3 is 0 Å². The van der Waals surface area contributed by atoms with Gasteiger partial charge in [-0.15, -0.1) is 0 Å². The molecule has 10 heteroatoms. The van der Waals surface area contributed by atoms with E-state index in [9.17, 15) is 8.42 Å². The molecule has 1 fully saturated rings. The van der Waals surface area contributed by atoms with E-state index in [1.54, 1.807) is 12.1 Å². The molecule has 0 unspecified atom stereocenters. The summed E-state index contributed by atoms with van der Waals surface area (Å²) in [5.74, 6) is 0.991. The van der Waals surface area contributed by atoms with E-state index >= 15 is 0 Å². The molecule has 4 N–H and O–H groups in total. The molecule has 1 aliphatic rings. The van der Waals surface area contributed by atoms with Gasteiger partial charge in [-0.1, -0.05) is 12.1 Å². The molecule has 0 amide bonds. The highest BCUT2D eigenvalue weighted by Crippen LogP contribution is 2.29. The van der Waals surface area contributed by atoms with Crippen LogP contribution in [0, 0.1) is 0 Å². The normalized spacial score (nSPS) is 14.3. The second kappa shape index (κ2) is 9.32. The van der Waals surface area contributed by atoms with E-state index in [1.165, 1.54) is 0 Å². The number of benzene rings is 2. The van der Waals surface area contributed by atoms with Crippen LogP contribution in [0.5, 0.6) is 0 Å². The van der Waals surface area contributed by atoms with Crippen molar-refractivity contribution < 1.29 is 8.42 Å². The molecule has 34 heavy (non-hydrogen) atoms. The number of aromatic amines is 1. The van der Waals surface area contributed by atoms with Crippen LogP contribution in [-0.4, -0.2) is 56.0 Å². The first-order valence-electron chi connectivity index (χ1n) is 11.2. The van der Waals surface area contributed by atoms with E-state index in [1.807, 2.05) is 30.5 Å². The minimum Gasteiger partial charge on any atom is -0.381 e. The number of pyridine rings is 1. The lowest BCUT2D eigenvalue weighted by molar-refractivity contribution is 0.585. The lowest BCUT2D eigenvalue weighted by atomic mass is 10.1. The third-order valence-electron chi connectivity index (χ3n) is 5.78. The number of aromatic nitrogens is 3. The van der Waals surface area contributed by atoms with Crippen molar-refractivity contribution in [3.63, 3.8) is 0 Å². The molecule has 2 aromatic carbocycles. The third-order valence-corrected chi connectivity index (χ3v) is 6.39. The van der Waals surface area contributed by atoms with Crippen molar-refractivity contribution in [2.24, 2.45) is 0 Å². The van der Waals surface area contributed by atoms with Gasteiger partial charge in [-0.25, -0.2) is 13.4 Å². The predicted molar refractivity (Wildman–Crippen MR) is 137 cm³/mol. The molecule has 0 aliphatic carbocycles. The number of fused-ring (bicyclic) bond motifs is 1. The predicted octanol–water partition coefficient (Wildman–Crippen LogP) is 3.02. The van der Waals surface area contributed by atoms with Crippen LogP contribution in [0.2, 0.25) is 0 Å². The Bertz CT molecular complexity index is 1380. The summed E-state index contributed by atoms with van der Waals surface area (Å²) in [4.78, 5) is 6.97. The van der Waals surface area contributed by atoms with Crippen LogP contribution in [0.1, 0.15) is 5.56 Å². The van der Waals surface area contributed by atoms with Crippen LogP contribution >= 0.6 is 0 Å². The van der Waals surface area contributed by atoms with Crippen molar-refractivity contribution in [1.29, 1.82) is 0 Å². The monoisotopic (exact) mass is 477 g/mol. The Morgan fingerprint density at radius 1 is 1.00 bits per heavy atom. The van der Waals surface area contributed by atoms with Gasteiger partial charge in [-0.3, -0.25) is 9.82 Å². The van der Waals surface area contributed by atoms with Crippen molar-refractivity contribution in [1.82, 2.24) is 20.5 Å². The van der Waals surface area contributed by atoms with Gasteiger partial charge in [0.15, 0.2) is 0 Å². The fraction of sp³-hybridized carbons (Fsp3) is 0.250. The number of rotatable bonds is 7. The van der Waals surface area contributed by atoms with Gasteiger partial charge in [0.05, 0.1) is 11.8 Å². The van der Waals surface area contributed by atoms with Crippen molar-refractivity contribution in [3.05, 3.63) is 66.4 Å². The zero-order chi connectivity index (χ0) is 23.5. The molecule has 2 aromatic heterocycles. The fourth-order valence-corrected chi connectivity index (χ4v) is 4.62. The molecule has 0 saturated carbocycles. The van der Waals surface area contributed by atoms with Crippen LogP contribution in [0.4, 0.5) is 17.2 Å². The summed E-state index contributed by atoms with van der Waals surface area (Å²) in [5, 5.41) is 15.5. The highest BCUT2D eigenvalue weighted by molar-refractivity contribution is 7.92. The maximum Gasteiger partial charge on any atom is 0.229 e. The van der Waals surface area contributed by atoms with Gasteiger partial charge < -0.3 is 15.5 Å². The molecule has 0 spiro atoms. The molecule has 1 saturated heterocycles. The Morgan fingerprint density at radius 3 is 2.47 bits per heavy atom. The molecule has 0 radical (unpaired) electrons. The highest BCUT2D eigenvalue weighted by Gasteiger charge is 2.14. The van der Waals surface area contributed by atoms with Crippen LogP contribution in [-0.2, 0) is 16.6 Å². The Morgan fingerprint density at radius 2 is 1.76 bits per heavy atom. The smallest absolute Gasteiger partial charge is 0.229 e. The maximum absolute atomic E-state index is 11.4. The lowest BCUT2D eigenvalue weighted by Gasteiger charge is -2.28. The SMILES string of the molecule is CS(=O)(=O)Nc1ccc(CNc2ccc3[nH]nc(-c4ccc(N5CCNCC5)nc4)c3c2)cc1. The standard InChI is InChI=1S/C24H27N7O2S/c1-34(32,33)30-19-5-2-17(3-6-19)15-26-20-7-8-22-21(14-20)24(29-28-22)18-4-9-23(27-16-18)31-12-10-25-11-13-31/h2-9,14,16,25-26,30H,10-13,15H2,1H3,(H,28,29). The van der Waals surface area contributed by atoms with Crippen LogP contribution < -0.4 is 20.3 Å². The number of nitrogens with one attached hydrogen (secondary N) is 4. The highest BCUT2D eigenvalue weighted by atomic mass is 32.2. The molecule has 3 heterocycles. The molecule has 1 aliphatic heterocycles. The van der Waals surface area contributed by atoms with E-state index in [0.29, 0.717) is 12.2 Å². The number of hydrogen-bond acceptors (Lipinski definition) is 7. The summed E-state index contributed by atoms with van der Waals surface area (Å²) in [6.07, 6.45) is 3.03. The zero-order valence-corrected chi connectivity index (χ0v) is 19.7. The average molecular weight is 478 g/mol. The topological polar surface area (TPSA) is 115 Å². The Hall–Kier alpha value is -3.63. The Labute approximate surface area is 198 Å². The number of nitrogens with zero attached hydrogens (tertiary/aromatic N) is 3. The van der Waals surface area contributed by atoms with Gasteiger partial charge in [0.25, 0.3) is 0 Å². The van der Waals surface area contributed by atoms with E-state index in [2.05, 4.69) is 53.6 Å². The first-order chi connectivity index (χ1) is 16.4. The molecule has 4 aromatic rings. The summed E-state index contributed by atoms with van der Waals surface area (Å²) in [6.45, 7) is 4.49. The second-order valence-electron chi connectivity index (χ2n) is 8.40.